The van der Waals surface area contributed by atoms with Crippen LogP contribution in [0.4, 0.5) is 0 Å². The minimum absolute atomic E-state index is 0. The summed E-state index contributed by atoms with van der Waals surface area (Å²) in [7, 11) is 0. The molecule has 0 aliphatic heterocycles. The fraction of sp³-hybridized carbons (Fsp3) is 0.706. The molecule has 0 aromatic rings. The number of hydrogen-bond acceptors (Lipinski definition) is 0. The van der Waals surface area contributed by atoms with Crippen molar-refractivity contribution in [3.8, 4) is 0 Å². The van der Waals surface area contributed by atoms with E-state index < -0.39 is 0 Å². The molecule has 0 amide bonds. The van der Waals surface area contributed by atoms with Gasteiger partial charge in [-0.2, -0.15) is 0 Å². The van der Waals surface area contributed by atoms with Crippen molar-refractivity contribution in [3.05, 3.63) is 28.7 Å². The molecule has 0 bridgehead atoms. The Labute approximate surface area is 156 Å². The first-order chi connectivity index (χ1) is 7.77. The molecule has 0 N–H and O–H groups in total. The minimum Gasteiger partial charge on any atom is -1.00 e. The van der Waals surface area contributed by atoms with Crippen LogP contribution in [0.2, 0.25) is 0 Å². The Morgan fingerprint density at radius 3 is 1.35 bits per heavy atom. The van der Waals surface area contributed by atoms with Crippen molar-refractivity contribution >= 4 is 24.4 Å². The van der Waals surface area contributed by atoms with E-state index in [2.05, 4.69) is 61.5 Å². The first kappa shape index (κ1) is 25.8. The minimum atomic E-state index is 0. The van der Waals surface area contributed by atoms with E-state index in [1.807, 2.05) is 0 Å². The van der Waals surface area contributed by atoms with Crippen molar-refractivity contribution in [3.63, 3.8) is 0 Å². The third-order valence-corrected chi connectivity index (χ3v) is 3.62. The summed E-state index contributed by atoms with van der Waals surface area (Å²) in [6, 6.07) is 0. The molecular formula is C17H29Cl2Sb-2. The number of rotatable bonds is 4. The van der Waals surface area contributed by atoms with E-state index >= 15 is 0 Å². The average Bonchev–Trinajstić information content (AvgIpc) is 2.56. The van der Waals surface area contributed by atoms with Crippen LogP contribution in [0.5, 0.6) is 0 Å². The molecule has 20 heavy (non-hydrogen) atoms. The Morgan fingerprint density at radius 2 is 1.10 bits per heavy atom. The first-order valence-corrected chi connectivity index (χ1v) is 7.10. The number of allylic oxidation sites excluding steroid dienone is 4. The summed E-state index contributed by atoms with van der Waals surface area (Å²) in [6.07, 6.45) is 2.47. The smallest absolute Gasteiger partial charge is 0.0291 e. The second-order valence-corrected chi connectivity index (χ2v) is 6.50. The van der Waals surface area contributed by atoms with E-state index in [-0.39, 0.29) is 49.2 Å². The Kier molecular flexibility index (Phi) is 13.7. The fourth-order valence-electron chi connectivity index (χ4n) is 2.88. The molecule has 0 nitrogen and oxygen atoms in total. The standard InChI is InChI=1S/C17H29.2ClH.Sb/c1-10(2)14-9-15(11(3)4)17(13(7)8)16(14)12(5)6;;;/h9-13H,1-8H3;2*1H;/p-2. The van der Waals surface area contributed by atoms with E-state index in [1.165, 1.54) is 0 Å². The third-order valence-electron chi connectivity index (χ3n) is 3.62. The van der Waals surface area contributed by atoms with Crippen LogP contribution < -0.4 is 24.8 Å². The van der Waals surface area contributed by atoms with E-state index in [1.54, 1.807) is 22.6 Å². The summed E-state index contributed by atoms with van der Waals surface area (Å²) in [5.41, 5.74) is 4.78. The second kappa shape index (κ2) is 10.6. The van der Waals surface area contributed by atoms with Gasteiger partial charge in [0.25, 0.3) is 0 Å². The molecule has 4 radical (unpaired) electrons. The van der Waals surface area contributed by atoms with Gasteiger partial charge in [-0.15, -0.1) is 0 Å². The topological polar surface area (TPSA) is 0 Å². The molecule has 1 rings (SSSR count). The van der Waals surface area contributed by atoms with Crippen molar-refractivity contribution in [2.24, 2.45) is 23.7 Å². The Morgan fingerprint density at radius 1 is 0.650 bits per heavy atom. The first-order valence-electron chi connectivity index (χ1n) is 7.10. The summed E-state index contributed by atoms with van der Waals surface area (Å²) in [5.74, 6) is 4.17. The second-order valence-electron chi connectivity index (χ2n) is 6.50. The molecule has 0 atom stereocenters. The van der Waals surface area contributed by atoms with Crippen molar-refractivity contribution in [2.75, 3.05) is 0 Å². The van der Waals surface area contributed by atoms with Crippen molar-refractivity contribution in [1.29, 1.82) is 0 Å². The number of hydrogen-bond donors (Lipinski definition) is 0. The maximum Gasteiger partial charge on any atom is 0.0291 e. The van der Waals surface area contributed by atoms with Crippen molar-refractivity contribution in [2.45, 2.75) is 55.4 Å². The molecule has 0 heterocycles. The quantitative estimate of drug-likeness (QED) is 0.509. The van der Waals surface area contributed by atoms with Gasteiger partial charge >= 0.3 is 0 Å². The third kappa shape index (κ3) is 5.58. The van der Waals surface area contributed by atoms with E-state index in [9.17, 15) is 0 Å². The van der Waals surface area contributed by atoms with Gasteiger partial charge < -0.3 is 24.8 Å². The molecule has 0 aromatic carbocycles. The summed E-state index contributed by atoms with van der Waals surface area (Å²) < 4.78 is 0. The predicted octanol–water partition coefficient (Wildman–Crippen LogP) is -0.951. The summed E-state index contributed by atoms with van der Waals surface area (Å²) in [4.78, 5) is 0. The van der Waals surface area contributed by atoms with E-state index in [0.717, 1.165) is 0 Å². The summed E-state index contributed by atoms with van der Waals surface area (Å²) in [5, 5.41) is 0. The molecule has 3 heteroatoms. The van der Waals surface area contributed by atoms with Crippen LogP contribution in [-0.4, -0.2) is 24.4 Å². The van der Waals surface area contributed by atoms with Crippen molar-refractivity contribution in [1.82, 2.24) is 0 Å². The van der Waals surface area contributed by atoms with Gasteiger partial charge in [-0.05, 0) is 29.2 Å². The zero-order valence-electron chi connectivity index (χ0n) is 14.1. The number of halogens is 2. The molecule has 0 aromatic heterocycles. The monoisotopic (exact) mass is 424 g/mol. The van der Waals surface area contributed by atoms with Gasteiger partial charge in [-0.3, -0.25) is 0 Å². The molecule has 0 fully saturated rings. The van der Waals surface area contributed by atoms with Gasteiger partial charge in [-0.25, -0.2) is 0 Å². The maximum atomic E-state index is 2.47. The zero-order chi connectivity index (χ0) is 13.3. The SMILES string of the molecule is CC(C)[C]1C(C(C)C)=CC(C(C)C)=C1C(C)C.[Cl-].[Cl-].[Sb]. The van der Waals surface area contributed by atoms with E-state index in [4.69, 9.17) is 0 Å². The summed E-state index contributed by atoms with van der Waals surface area (Å²) in [6.45, 7) is 18.6. The Bertz CT molecular complexity index is 339. The predicted molar refractivity (Wildman–Crippen MR) is 83.5 cm³/mol. The normalized spacial score (nSPS) is 15.5. The van der Waals surface area contributed by atoms with Crippen LogP contribution >= 0.6 is 0 Å². The van der Waals surface area contributed by atoms with Crippen LogP contribution in [-0.2, 0) is 0 Å². The Balaban J connectivity index is -0.000000963. The molecule has 0 spiro atoms. The molecule has 0 saturated heterocycles. The fourth-order valence-corrected chi connectivity index (χ4v) is 2.88. The van der Waals surface area contributed by atoms with Gasteiger partial charge in [0.2, 0.25) is 0 Å². The average molecular weight is 426 g/mol. The van der Waals surface area contributed by atoms with Crippen LogP contribution in [0, 0.1) is 29.6 Å². The maximum absolute atomic E-state index is 2.47. The molecule has 0 saturated carbocycles. The molecule has 0 unspecified atom stereocenters. The molecule has 1 aliphatic carbocycles. The van der Waals surface area contributed by atoms with Crippen LogP contribution in [0.15, 0.2) is 22.8 Å². The molecule has 1 aliphatic rings. The molecular weight excluding hydrogens is 397 g/mol. The van der Waals surface area contributed by atoms with Crippen LogP contribution in [0.3, 0.4) is 0 Å². The van der Waals surface area contributed by atoms with Crippen LogP contribution in [0.1, 0.15) is 55.4 Å². The van der Waals surface area contributed by atoms with Gasteiger partial charge in [-0.1, -0.05) is 72.6 Å². The van der Waals surface area contributed by atoms with Crippen molar-refractivity contribution < 1.29 is 24.8 Å². The molecule has 118 valence electrons. The Hall–Kier alpha value is 0.878. The van der Waals surface area contributed by atoms with Gasteiger partial charge in [0.05, 0.1) is 0 Å². The van der Waals surface area contributed by atoms with Gasteiger partial charge in [0, 0.05) is 30.3 Å². The van der Waals surface area contributed by atoms with E-state index in [0.29, 0.717) is 23.7 Å². The van der Waals surface area contributed by atoms with Gasteiger partial charge in [0.15, 0.2) is 0 Å². The summed E-state index contributed by atoms with van der Waals surface area (Å²) >= 11 is 0. The largest absolute Gasteiger partial charge is 1.00 e. The van der Waals surface area contributed by atoms with Crippen LogP contribution in [0.25, 0.3) is 0 Å². The zero-order valence-corrected chi connectivity index (χ0v) is 18.2. The van der Waals surface area contributed by atoms with Gasteiger partial charge in [0.1, 0.15) is 0 Å².